The van der Waals surface area contributed by atoms with Gasteiger partial charge in [-0.2, -0.15) is 5.10 Å². The van der Waals surface area contributed by atoms with Gasteiger partial charge >= 0.3 is 5.97 Å². The van der Waals surface area contributed by atoms with Gasteiger partial charge in [-0.05, 0) is 42.5 Å². The van der Waals surface area contributed by atoms with E-state index in [1.807, 2.05) is 12.1 Å². The molecule has 4 rings (SSSR count). The first kappa shape index (κ1) is 20.4. The highest BCUT2D eigenvalue weighted by atomic mass is 35.5. The largest absolute Gasteiger partial charge is 0.465 e. The van der Waals surface area contributed by atoms with Crippen molar-refractivity contribution in [2.24, 2.45) is 0 Å². The molecule has 1 amide bonds. The summed E-state index contributed by atoms with van der Waals surface area (Å²) in [7, 11) is 1.30. The Kier molecular flexibility index (Phi) is 5.55. The SMILES string of the molecule is COC(=O)c1ccc(NC(=O)Cn2ccn3nc(-c4ccc(Cl)cc4)cc3c2=O)cc1. The number of ether oxygens (including phenoxy) is 1. The summed E-state index contributed by atoms with van der Waals surface area (Å²) in [5.74, 6) is -0.841. The van der Waals surface area contributed by atoms with Crippen LogP contribution in [0.5, 0.6) is 0 Å². The first-order chi connectivity index (χ1) is 14.9. The highest BCUT2D eigenvalue weighted by Crippen LogP contribution is 2.20. The van der Waals surface area contributed by atoms with Gasteiger partial charge in [0.05, 0.1) is 18.4 Å². The molecule has 0 atom stereocenters. The number of rotatable bonds is 5. The summed E-state index contributed by atoms with van der Waals surface area (Å²) in [4.78, 5) is 36.7. The number of nitrogens with one attached hydrogen (secondary N) is 1. The Morgan fingerprint density at radius 2 is 1.77 bits per heavy atom. The summed E-state index contributed by atoms with van der Waals surface area (Å²) in [5, 5.41) is 7.73. The molecule has 0 spiro atoms. The van der Waals surface area contributed by atoms with Crippen molar-refractivity contribution in [3.8, 4) is 11.3 Å². The van der Waals surface area contributed by atoms with Gasteiger partial charge in [0.2, 0.25) is 5.91 Å². The van der Waals surface area contributed by atoms with Crippen LogP contribution in [0.1, 0.15) is 10.4 Å². The van der Waals surface area contributed by atoms with Crippen molar-refractivity contribution < 1.29 is 14.3 Å². The number of halogens is 1. The van der Waals surface area contributed by atoms with Crippen LogP contribution in [-0.2, 0) is 16.1 Å². The van der Waals surface area contributed by atoms with E-state index in [2.05, 4.69) is 15.2 Å². The fraction of sp³-hybridized carbons (Fsp3) is 0.0909. The summed E-state index contributed by atoms with van der Waals surface area (Å²) in [6, 6.07) is 15.1. The molecule has 156 valence electrons. The van der Waals surface area contributed by atoms with Crippen molar-refractivity contribution in [2.75, 3.05) is 12.4 Å². The highest BCUT2D eigenvalue weighted by Gasteiger charge is 2.12. The van der Waals surface area contributed by atoms with Gasteiger partial charge in [-0.1, -0.05) is 23.7 Å². The van der Waals surface area contributed by atoms with Crippen molar-refractivity contribution >= 4 is 34.7 Å². The number of amides is 1. The number of esters is 1. The highest BCUT2D eigenvalue weighted by molar-refractivity contribution is 6.30. The molecule has 0 unspecified atom stereocenters. The molecule has 0 aliphatic heterocycles. The van der Waals surface area contributed by atoms with Gasteiger partial charge in [0.25, 0.3) is 5.56 Å². The smallest absolute Gasteiger partial charge is 0.337 e. The van der Waals surface area contributed by atoms with E-state index in [0.29, 0.717) is 27.5 Å². The Morgan fingerprint density at radius 3 is 2.45 bits per heavy atom. The third-order valence-electron chi connectivity index (χ3n) is 4.65. The van der Waals surface area contributed by atoms with E-state index in [0.717, 1.165) is 5.56 Å². The second kappa shape index (κ2) is 8.45. The molecule has 0 aliphatic carbocycles. The number of nitrogens with zero attached hydrogens (tertiary/aromatic N) is 3. The summed E-state index contributed by atoms with van der Waals surface area (Å²) in [6.07, 6.45) is 3.13. The van der Waals surface area contributed by atoms with Gasteiger partial charge in [-0.15, -0.1) is 0 Å². The Labute approximate surface area is 181 Å². The molecule has 0 saturated carbocycles. The number of hydrogen-bond acceptors (Lipinski definition) is 5. The number of aromatic nitrogens is 3. The lowest BCUT2D eigenvalue weighted by molar-refractivity contribution is -0.116. The lowest BCUT2D eigenvalue weighted by atomic mass is 10.1. The van der Waals surface area contributed by atoms with Crippen LogP contribution >= 0.6 is 11.6 Å². The monoisotopic (exact) mass is 436 g/mol. The predicted molar refractivity (Wildman–Crippen MR) is 116 cm³/mol. The van der Waals surface area contributed by atoms with E-state index in [1.54, 1.807) is 48.7 Å². The number of carbonyl (C=O) groups is 2. The molecule has 2 heterocycles. The normalized spacial score (nSPS) is 10.8. The molecule has 0 bridgehead atoms. The van der Waals surface area contributed by atoms with Crippen LogP contribution in [-0.4, -0.2) is 33.2 Å². The molecule has 8 nitrogen and oxygen atoms in total. The van der Waals surface area contributed by atoms with Crippen LogP contribution in [0.4, 0.5) is 5.69 Å². The van der Waals surface area contributed by atoms with Crippen molar-refractivity contribution in [2.45, 2.75) is 6.54 Å². The zero-order chi connectivity index (χ0) is 22.0. The van der Waals surface area contributed by atoms with Crippen molar-refractivity contribution in [3.63, 3.8) is 0 Å². The first-order valence-electron chi connectivity index (χ1n) is 9.27. The fourth-order valence-corrected chi connectivity index (χ4v) is 3.20. The topological polar surface area (TPSA) is 94.7 Å². The molecule has 9 heteroatoms. The first-order valence-corrected chi connectivity index (χ1v) is 9.65. The maximum absolute atomic E-state index is 12.8. The Balaban J connectivity index is 1.52. The second-order valence-electron chi connectivity index (χ2n) is 6.71. The molecule has 2 aromatic carbocycles. The van der Waals surface area contributed by atoms with Gasteiger partial charge in [0, 0.05) is 28.7 Å². The lowest BCUT2D eigenvalue weighted by Gasteiger charge is -2.08. The van der Waals surface area contributed by atoms with Crippen LogP contribution in [0.15, 0.2) is 71.8 Å². The second-order valence-corrected chi connectivity index (χ2v) is 7.15. The predicted octanol–water partition coefficient (Wildman–Crippen LogP) is 3.24. The molecule has 0 fully saturated rings. The standard InChI is InChI=1S/C22H17ClN4O4/c1-31-22(30)15-4-8-17(9-5-15)24-20(28)13-26-10-11-27-19(21(26)29)12-18(25-27)14-2-6-16(23)7-3-14/h2-12H,13H2,1H3,(H,24,28). The average Bonchev–Trinajstić information content (AvgIpc) is 3.21. The molecular weight excluding hydrogens is 420 g/mol. The molecule has 0 radical (unpaired) electrons. The van der Waals surface area contributed by atoms with Crippen LogP contribution in [0.25, 0.3) is 16.8 Å². The maximum atomic E-state index is 12.8. The average molecular weight is 437 g/mol. The van der Waals surface area contributed by atoms with Crippen molar-refractivity contribution in [3.05, 3.63) is 87.9 Å². The van der Waals surface area contributed by atoms with Gasteiger partial charge < -0.3 is 14.6 Å². The molecule has 0 aliphatic rings. The molecule has 2 aromatic heterocycles. The lowest BCUT2D eigenvalue weighted by Crippen LogP contribution is -2.28. The molecule has 31 heavy (non-hydrogen) atoms. The quantitative estimate of drug-likeness (QED) is 0.484. The van der Waals surface area contributed by atoms with E-state index >= 15 is 0 Å². The summed E-state index contributed by atoms with van der Waals surface area (Å²) in [5.41, 5.74) is 2.34. The number of benzene rings is 2. The van der Waals surface area contributed by atoms with E-state index in [9.17, 15) is 14.4 Å². The van der Waals surface area contributed by atoms with Gasteiger partial charge in [0.1, 0.15) is 12.1 Å². The summed E-state index contributed by atoms with van der Waals surface area (Å²) in [6.45, 7) is -0.171. The fourth-order valence-electron chi connectivity index (χ4n) is 3.08. The minimum absolute atomic E-state index is 0.171. The Morgan fingerprint density at radius 1 is 1.06 bits per heavy atom. The summed E-state index contributed by atoms with van der Waals surface area (Å²) < 4.78 is 7.43. The molecule has 1 N–H and O–H groups in total. The van der Waals surface area contributed by atoms with Crippen LogP contribution in [0, 0.1) is 0 Å². The summed E-state index contributed by atoms with van der Waals surface area (Å²) >= 11 is 5.92. The minimum atomic E-state index is -0.462. The van der Waals surface area contributed by atoms with Crippen LogP contribution in [0.2, 0.25) is 5.02 Å². The number of anilines is 1. The third-order valence-corrected chi connectivity index (χ3v) is 4.90. The van der Waals surface area contributed by atoms with E-state index in [-0.39, 0.29) is 18.0 Å². The third kappa shape index (κ3) is 4.34. The van der Waals surface area contributed by atoms with E-state index in [4.69, 9.17) is 11.6 Å². The number of fused-ring (bicyclic) bond motifs is 1. The van der Waals surface area contributed by atoms with E-state index in [1.165, 1.54) is 22.4 Å². The van der Waals surface area contributed by atoms with Crippen LogP contribution in [0.3, 0.4) is 0 Å². The van der Waals surface area contributed by atoms with Crippen LogP contribution < -0.4 is 10.9 Å². The zero-order valence-corrected chi connectivity index (χ0v) is 17.2. The zero-order valence-electron chi connectivity index (χ0n) is 16.4. The van der Waals surface area contributed by atoms with E-state index < -0.39 is 5.97 Å². The van der Waals surface area contributed by atoms with Gasteiger partial charge in [0.15, 0.2) is 0 Å². The number of hydrogen-bond donors (Lipinski definition) is 1. The van der Waals surface area contributed by atoms with Crippen molar-refractivity contribution in [1.82, 2.24) is 14.2 Å². The van der Waals surface area contributed by atoms with Gasteiger partial charge in [-0.25, -0.2) is 9.31 Å². The van der Waals surface area contributed by atoms with Gasteiger partial charge in [-0.3, -0.25) is 9.59 Å². The number of methoxy groups -OCH3 is 1. The maximum Gasteiger partial charge on any atom is 0.337 e. The van der Waals surface area contributed by atoms with Crippen molar-refractivity contribution in [1.29, 1.82) is 0 Å². The molecule has 0 saturated heterocycles. The Hall–Kier alpha value is -3.91. The Bertz CT molecular complexity index is 1320. The minimum Gasteiger partial charge on any atom is -0.465 e. The number of carbonyl (C=O) groups excluding carboxylic acids is 2. The molecular formula is C22H17ClN4O4. The molecule has 4 aromatic rings.